The summed E-state index contributed by atoms with van der Waals surface area (Å²) in [5.74, 6) is 0.592. The van der Waals surface area contributed by atoms with Crippen LogP contribution in [0.1, 0.15) is 18.4 Å². The van der Waals surface area contributed by atoms with Crippen molar-refractivity contribution in [2.45, 2.75) is 19.1 Å². The van der Waals surface area contributed by atoms with Crippen molar-refractivity contribution in [3.8, 4) is 5.75 Å². The van der Waals surface area contributed by atoms with Crippen LogP contribution in [-0.4, -0.2) is 38.3 Å². The highest BCUT2D eigenvalue weighted by Gasteiger charge is 2.14. The zero-order valence-corrected chi connectivity index (χ0v) is 13.7. The van der Waals surface area contributed by atoms with E-state index in [0.29, 0.717) is 18.8 Å². The van der Waals surface area contributed by atoms with Crippen molar-refractivity contribution >= 4 is 28.1 Å². The van der Waals surface area contributed by atoms with E-state index in [-0.39, 0.29) is 12.2 Å². The molecule has 1 saturated heterocycles. The summed E-state index contributed by atoms with van der Waals surface area (Å²) in [6.07, 6.45) is 2.95. The zero-order chi connectivity index (χ0) is 15.8. The van der Waals surface area contributed by atoms with Crippen LogP contribution >= 0.6 is 15.9 Å². The molecule has 1 aromatic rings. The molecule has 0 spiro atoms. The second-order valence-corrected chi connectivity index (χ2v) is 5.53. The molecule has 1 aliphatic heterocycles. The first-order valence-corrected chi connectivity index (χ1v) is 7.72. The molecule has 0 amide bonds. The van der Waals surface area contributed by atoms with Gasteiger partial charge in [-0.2, -0.15) is 5.10 Å². The molecule has 0 saturated carbocycles. The van der Waals surface area contributed by atoms with Crippen LogP contribution < -0.4 is 16.2 Å². The van der Waals surface area contributed by atoms with Crippen molar-refractivity contribution in [1.82, 2.24) is 0 Å². The largest absolute Gasteiger partial charge is 0.493 e. The maximum atomic E-state index is 5.77. The second-order valence-electron chi connectivity index (χ2n) is 4.61. The van der Waals surface area contributed by atoms with Crippen LogP contribution in [0.15, 0.2) is 32.9 Å². The Balaban J connectivity index is 1.94. The third kappa shape index (κ3) is 5.63. The van der Waals surface area contributed by atoms with Gasteiger partial charge in [0.1, 0.15) is 5.75 Å². The number of ether oxygens (including phenoxy) is 3. The molecule has 0 atom stereocenters. The molecular formula is C14H19BrN4O3. The predicted octanol–water partition coefficient (Wildman–Crippen LogP) is 1.59. The summed E-state index contributed by atoms with van der Waals surface area (Å²) < 4.78 is 17.6. The number of nitrogens with zero attached hydrogens (tertiary/aromatic N) is 2. The van der Waals surface area contributed by atoms with Crippen molar-refractivity contribution in [3.05, 3.63) is 28.2 Å². The van der Waals surface area contributed by atoms with E-state index in [2.05, 4.69) is 26.1 Å². The minimum atomic E-state index is -0.192. The zero-order valence-electron chi connectivity index (χ0n) is 12.1. The molecule has 7 nitrogen and oxygen atoms in total. The average Bonchev–Trinajstić information content (AvgIpc) is 2.50. The predicted molar refractivity (Wildman–Crippen MR) is 88.0 cm³/mol. The van der Waals surface area contributed by atoms with Gasteiger partial charge in [0.2, 0.25) is 5.96 Å². The molecule has 1 aliphatic rings. The lowest BCUT2D eigenvalue weighted by Gasteiger charge is -2.23. The van der Waals surface area contributed by atoms with E-state index in [0.717, 1.165) is 29.7 Å². The number of benzene rings is 1. The van der Waals surface area contributed by atoms with Gasteiger partial charge in [-0.05, 0) is 24.6 Å². The normalized spacial score (nSPS) is 15.9. The SMILES string of the molecule is NC(N)=NN=Cc1cc(Br)ccc1OCCC1OCCCO1. The Morgan fingerprint density at radius 2 is 2.14 bits per heavy atom. The van der Waals surface area contributed by atoms with Crippen molar-refractivity contribution in [2.75, 3.05) is 19.8 Å². The van der Waals surface area contributed by atoms with Gasteiger partial charge in [0.05, 0.1) is 26.0 Å². The highest BCUT2D eigenvalue weighted by Crippen LogP contribution is 2.22. The van der Waals surface area contributed by atoms with Crippen molar-refractivity contribution in [3.63, 3.8) is 0 Å². The summed E-state index contributed by atoms with van der Waals surface area (Å²) in [5.41, 5.74) is 11.2. The first-order chi connectivity index (χ1) is 10.6. The molecule has 1 aromatic carbocycles. The van der Waals surface area contributed by atoms with Crippen molar-refractivity contribution < 1.29 is 14.2 Å². The lowest BCUT2D eigenvalue weighted by molar-refractivity contribution is -0.183. The van der Waals surface area contributed by atoms with E-state index in [1.165, 1.54) is 6.21 Å². The van der Waals surface area contributed by atoms with E-state index >= 15 is 0 Å². The van der Waals surface area contributed by atoms with Gasteiger partial charge in [-0.1, -0.05) is 15.9 Å². The minimum Gasteiger partial charge on any atom is -0.493 e. The Labute approximate surface area is 137 Å². The molecule has 4 N–H and O–H groups in total. The summed E-state index contributed by atoms with van der Waals surface area (Å²) in [4.78, 5) is 0. The molecule has 22 heavy (non-hydrogen) atoms. The average molecular weight is 371 g/mol. The van der Waals surface area contributed by atoms with Crippen molar-refractivity contribution in [2.24, 2.45) is 21.7 Å². The molecule has 0 bridgehead atoms. The first-order valence-electron chi connectivity index (χ1n) is 6.92. The molecule has 0 unspecified atom stereocenters. The highest BCUT2D eigenvalue weighted by molar-refractivity contribution is 9.10. The number of hydrogen-bond acceptors (Lipinski definition) is 5. The summed E-state index contributed by atoms with van der Waals surface area (Å²) in [7, 11) is 0. The fourth-order valence-corrected chi connectivity index (χ4v) is 2.26. The summed E-state index contributed by atoms with van der Waals surface area (Å²) in [6.45, 7) is 1.95. The third-order valence-corrected chi connectivity index (χ3v) is 3.34. The van der Waals surface area contributed by atoms with E-state index in [1.807, 2.05) is 18.2 Å². The standard InChI is InChI=1S/C14H19BrN4O3/c15-11-2-3-12(10(8-11)9-18-19-14(16)17)20-7-4-13-21-5-1-6-22-13/h2-3,8-9,13H,1,4-7H2,(H4,16,17,19). The van der Waals surface area contributed by atoms with Crippen LogP contribution in [0.3, 0.4) is 0 Å². The number of nitrogens with two attached hydrogens (primary N) is 2. The van der Waals surface area contributed by atoms with Crippen LogP contribution in [0.5, 0.6) is 5.75 Å². The quantitative estimate of drug-likeness (QED) is 0.449. The molecule has 8 heteroatoms. The smallest absolute Gasteiger partial charge is 0.211 e. The van der Waals surface area contributed by atoms with Crippen LogP contribution in [0.4, 0.5) is 0 Å². The third-order valence-electron chi connectivity index (χ3n) is 2.85. The molecule has 120 valence electrons. The first kappa shape index (κ1) is 16.7. The van der Waals surface area contributed by atoms with Gasteiger partial charge >= 0.3 is 0 Å². The molecule has 2 rings (SSSR count). The number of halogens is 1. The minimum absolute atomic E-state index is 0.0969. The second kappa shape index (κ2) is 8.72. The molecule has 1 heterocycles. The van der Waals surface area contributed by atoms with Gasteiger partial charge in [-0.25, -0.2) is 0 Å². The summed E-state index contributed by atoms with van der Waals surface area (Å²) >= 11 is 3.41. The van der Waals surface area contributed by atoms with Gasteiger partial charge in [0, 0.05) is 16.5 Å². The van der Waals surface area contributed by atoms with E-state index in [4.69, 9.17) is 25.7 Å². The Kier molecular flexibility index (Phi) is 6.63. The Bertz CT molecular complexity index is 541. The van der Waals surface area contributed by atoms with E-state index < -0.39 is 0 Å². The highest BCUT2D eigenvalue weighted by atomic mass is 79.9. The number of guanidine groups is 1. The monoisotopic (exact) mass is 370 g/mol. The molecule has 1 fully saturated rings. The number of hydrogen-bond donors (Lipinski definition) is 2. The van der Waals surface area contributed by atoms with Crippen LogP contribution in [0.25, 0.3) is 0 Å². The Morgan fingerprint density at radius 3 is 2.86 bits per heavy atom. The maximum Gasteiger partial charge on any atom is 0.211 e. The lowest BCUT2D eigenvalue weighted by atomic mass is 10.2. The van der Waals surface area contributed by atoms with Gasteiger partial charge in [-0.15, -0.1) is 5.10 Å². The Hall–Kier alpha value is -1.64. The lowest BCUT2D eigenvalue weighted by Crippen LogP contribution is -2.26. The molecular weight excluding hydrogens is 352 g/mol. The number of rotatable bonds is 6. The van der Waals surface area contributed by atoms with Gasteiger partial charge in [-0.3, -0.25) is 0 Å². The van der Waals surface area contributed by atoms with Crippen LogP contribution in [0.2, 0.25) is 0 Å². The van der Waals surface area contributed by atoms with Crippen LogP contribution in [0, 0.1) is 0 Å². The van der Waals surface area contributed by atoms with Gasteiger partial charge < -0.3 is 25.7 Å². The topological polar surface area (TPSA) is 104 Å². The molecule has 0 aliphatic carbocycles. The molecule has 0 aromatic heterocycles. The summed E-state index contributed by atoms with van der Waals surface area (Å²) in [6, 6.07) is 5.61. The van der Waals surface area contributed by atoms with E-state index in [9.17, 15) is 0 Å². The van der Waals surface area contributed by atoms with Gasteiger partial charge in [0.25, 0.3) is 0 Å². The fraction of sp³-hybridized carbons (Fsp3) is 0.429. The van der Waals surface area contributed by atoms with E-state index in [1.54, 1.807) is 0 Å². The molecule has 0 radical (unpaired) electrons. The fourth-order valence-electron chi connectivity index (χ4n) is 1.88. The Morgan fingerprint density at radius 1 is 1.36 bits per heavy atom. The summed E-state index contributed by atoms with van der Waals surface area (Å²) in [5, 5.41) is 7.38. The van der Waals surface area contributed by atoms with Gasteiger partial charge in [0.15, 0.2) is 6.29 Å². The van der Waals surface area contributed by atoms with Crippen LogP contribution in [-0.2, 0) is 9.47 Å². The maximum absolute atomic E-state index is 5.77. The van der Waals surface area contributed by atoms with Crippen molar-refractivity contribution in [1.29, 1.82) is 0 Å².